The van der Waals surface area contributed by atoms with Crippen molar-refractivity contribution in [2.75, 3.05) is 0 Å². The van der Waals surface area contributed by atoms with Crippen molar-refractivity contribution >= 4 is 15.7 Å². The van der Waals surface area contributed by atoms with Crippen LogP contribution >= 0.6 is 0 Å². The Balaban J connectivity index is 2.26. The predicted molar refractivity (Wildman–Crippen MR) is 60.2 cm³/mol. The summed E-state index contributed by atoms with van der Waals surface area (Å²) in [7, 11) is -3.48. The summed E-state index contributed by atoms with van der Waals surface area (Å²) in [6.45, 7) is 0. The number of hydrogen-bond donors (Lipinski definition) is 1. The van der Waals surface area contributed by atoms with Gasteiger partial charge in [0, 0.05) is 0 Å². The molecular formula is C11H13NO3S. The van der Waals surface area contributed by atoms with Crippen molar-refractivity contribution in [2.45, 2.75) is 23.3 Å². The van der Waals surface area contributed by atoms with Gasteiger partial charge >= 0.3 is 0 Å². The first kappa shape index (κ1) is 11.1. The van der Waals surface area contributed by atoms with Crippen molar-refractivity contribution in [1.29, 1.82) is 0 Å². The lowest BCUT2D eigenvalue weighted by molar-refractivity contribution is -0.118. The minimum absolute atomic E-state index is 0.114. The Morgan fingerprint density at radius 3 is 2.25 bits per heavy atom. The average molecular weight is 239 g/mol. The number of benzene rings is 1. The molecule has 0 aliphatic heterocycles. The third-order valence-electron chi connectivity index (χ3n) is 2.95. The monoisotopic (exact) mass is 239 g/mol. The normalized spacial score (nSPS) is 18.0. The number of carbonyl (C=O) groups excluding carboxylic acids is 1. The molecule has 0 atom stereocenters. The topological polar surface area (TPSA) is 77.2 Å². The Bertz CT molecular complexity index is 503. The summed E-state index contributed by atoms with van der Waals surface area (Å²) in [5.41, 5.74) is 5.84. The molecule has 1 aliphatic rings. The number of nitrogens with two attached hydrogens (primary N) is 1. The van der Waals surface area contributed by atoms with Crippen molar-refractivity contribution in [3.05, 3.63) is 35.9 Å². The predicted octanol–water partition coefficient (Wildman–Crippen LogP) is 0.619. The van der Waals surface area contributed by atoms with Gasteiger partial charge in [0.05, 0.1) is 5.75 Å². The smallest absolute Gasteiger partial charge is 0.238 e. The lowest BCUT2D eigenvalue weighted by Crippen LogP contribution is -2.38. The summed E-state index contributed by atoms with van der Waals surface area (Å²) < 4.78 is 22.8. The number of sulfone groups is 1. The number of amides is 1. The van der Waals surface area contributed by atoms with Crippen LogP contribution in [0.5, 0.6) is 0 Å². The van der Waals surface area contributed by atoms with E-state index in [1.165, 1.54) is 0 Å². The Labute approximate surface area is 94.4 Å². The molecule has 4 nitrogen and oxygen atoms in total. The van der Waals surface area contributed by atoms with E-state index in [9.17, 15) is 13.2 Å². The molecule has 1 fully saturated rings. The van der Waals surface area contributed by atoms with Gasteiger partial charge in [-0.05, 0) is 18.4 Å². The van der Waals surface area contributed by atoms with E-state index in [4.69, 9.17) is 5.73 Å². The highest BCUT2D eigenvalue weighted by atomic mass is 32.2. The number of primary amides is 1. The SMILES string of the molecule is NC(=O)C1(S(=O)(=O)Cc2ccccc2)CC1. The van der Waals surface area contributed by atoms with Crippen LogP contribution in [-0.4, -0.2) is 19.1 Å². The van der Waals surface area contributed by atoms with Crippen LogP contribution in [0.2, 0.25) is 0 Å². The van der Waals surface area contributed by atoms with Crippen LogP contribution < -0.4 is 5.73 Å². The maximum absolute atomic E-state index is 12.0. The van der Waals surface area contributed by atoms with E-state index in [0.717, 1.165) is 0 Å². The largest absolute Gasteiger partial charge is 0.368 e. The molecule has 86 valence electrons. The highest BCUT2D eigenvalue weighted by Gasteiger charge is 2.59. The molecule has 1 saturated carbocycles. The molecule has 0 saturated heterocycles. The van der Waals surface area contributed by atoms with Crippen molar-refractivity contribution in [3.8, 4) is 0 Å². The number of hydrogen-bond acceptors (Lipinski definition) is 3. The fourth-order valence-corrected chi connectivity index (χ4v) is 3.69. The molecule has 0 unspecified atom stereocenters. The quantitative estimate of drug-likeness (QED) is 0.836. The minimum Gasteiger partial charge on any atom is -0.368 e. The maximum Gasteiger partial charge on any atom is 0.238 e. The fraction of sp³-hybridized carbons (Fsp3) is 0.364. The second-order valence-electron chi connectivity index (χ2n) is 4.10. The van der Waals surface area contributed by atoms with Crippen LogP contribution in [-0.2, 0) is 20.4 Å². The zero-order chi connectivity index (χ0) is 11.8. The van der Waals surface area contributed by atoms with Crippen LogP contribution in [0.1, 0.15) is 18.4 Å². The van der Waals surface area contributed by atoms with Gasteiger partial charge in [0.25, 0.3) is 0 Å². The molecular weight excluding hydrogens is 226 g/mol. The lowest BCUT2D eigenvalue weighted by Gasteiger charge is -2.12. The molecule has 0 aromatic heterocycles. The first-order chi connectivity index (χ1) is 7.48. The fourth-order valence-electron chi connectivity index (χ4n) is 1.76. The first-order valence-electron chi connectivity index (χ1n) is 5.04. The summed E-state index contributed by atoms with van der Waals surface area (Å²) in [6, 6.07) is 8.82. The van der Waals surface area contributed by atoms with Crippen LogP contribution in [0.3, 0.4) is 0 Å². The molecule has 0 radical (unpaired) electrons. The van der Waals surface area contributed by atoms with Gasteiger partial charge < -0.3 is 5.73 Å². The van der Waals surface area contributed by atoms with E-state index in [1.807, 2.05) is 6.07 Å². The van der Waals surface area contributed by atoms with E-state index < -0.39 is 20.5 Å². The Hall–Kier alpha value is -1.36. The molecule has 2 N–H and O–H groups in total. The Morgan fingerprint density at radius 2 is 1.81 bits per heavy atom. The van der Waals surface area contributed by atoms with Crippen LogP contribution in [0.25, 0.3) is 0 Å². The van der Waals surface area contributed by atoms with Gasteiger partial charge in [0.15, 0.2) is 14.6 Å². The second kappa shape index (κ2) is 3.59. The van der Waals surface area contributed by atoms with Crippen molar-refractivity contribution in [3.63, 3.8) is 0 Å². The van der Waals surface area contributed by atoms with E-state index in [2.05, 4.69) is 0 Å². The molecule has 1 amide bonds. The molecule has 0 bridgehead atoms. The summed E-state index contributed by atoms with van der Waals surface area (Å²) in [5, 5.41) is 0. The van der Waals surface area contributed by atoms with E-state index >= 15 is 0 Å². The average Bonchev–Trinajstić information content (AvgIpc) is 2.98. The molecule has 16 heavy (non-hydrogen) atoms. The number of carbonyl (C=O) groups is 1. The lowest BCUT2D eigenvalue weighted by atomic mass is 10.2. The maximum atomic E-state index is 12.0. The highest BCUT2D eigenvalue weighted by molar-refractivity contribution is 7.93. The molecule has 2 rings (SSSR count). The zero-order valence-electron chi connectivity index (χ0n) is 8.72. The molecule has 0 heterocycles. The van der Waals surface area contributed by atoms with E-state index in [0.29, 0.717) is 18.4 Å². The third kappa shape index (κ3) is 1.71. The van der Waals surface area contributed by atoms with E-state index in [1.54, 1.807) is 24.3 Å². The van der Waals surface area contributed by atoms with Crippen LogP contribution in [0.4, 0.5) is 0 Å². The van der Waals surface area contributed by atoms with E-state index in [-0.39, 0.29) is 5.75 Å². The highest BCUT2D eigenvalue weighted by Crippen LogP contribution is 2.44. The van der Waals surface area contributed by atoms with Gasteiger partial charge in [0.2, 0.25) is 5.91 Å². The van der Waals surface area contributed by atoms with Crippen LogP contribution in [0, 0.1) is 0 Å². The molecule has 5 heteroatoms. The molecule has 1 aromatic carbocycles. The van der Waals surface area contributed by atoms with Gasteiger partial charge in [-0.1, -0.05) is 30.3 Å². The number of rotatable bonds is 4. The standard InChI is InChI=1S/C11H13NO3S/c12-10(13)11(6-7-11)16(14,15)8-9-4-2-1-3-5-9/h1-5H,6-8H2,(H2,12,13). The van der Waals surface area contributed by atoms with Crippen molar-refractivity contribution in [1.82, 2.24) is 0 Å². The molecule has 0 spiro atoms. The van der Waals surface area contributed by atoms with Gasteiger partial charge in [-0.2, -0.15) is 0 Å². The summed E-state index contributed by atoms with van der Waals surface area (Å²) >= 11 is 0. The minimum atomic E-state index is -3.48. The second-order valence-corrected chi connectivity index (χ2v) is 6.40. The summed E-state index contributed by atoms with van der Waals surface area (Å²) in [4.78, 5) is 11.2. The first-order valence-corrected chi connectivity index (χ1v) is 6.69. The zero-order valence-corrected chi connectivity index (χ0v) is 9.53. The molecule has 1 aromatic rings. The van der Waals surface area contributed by atoms with Gasteiger partial charge in [-0.25, -0.2) is 8.42 Å². The third-order valence-corrected chi connectivity index (χ3v) is 5.46. The summed E-state index contributed by atoms with van der Waals surface area (Å²) in [6.07, 6.45) is 0.717. The Morgan fingerprint density at radius 1 is 1.25 bits per heavy atom. The van der Waals surface area contributed by atoms with Crippen molar-refractivity contribution in [2.24, 2.45) is 5.73 Å². The van der Waals surface area contributed by atoms with Gasteiger partial charge in [-0.3, -0.25) is 4.79 Å². The van der Waals surface area contributed by atoms with Gasteiger partial charge in [-0.15, -0.1) is 0 Å². The van der Waals surface area contributed by atoms with Crippen molar-refractivity contribution < 1.29 is 13.2 Å². The Kier molecular flexibility index (Phi) is 2.50. The van der Waals surface area contributed by atoms with Crippen LogP contribution in [0.15, 0.2) is 30.3 Å². The molecule has 1 aliphatic carbocycles. The summed E-state index contributed by atoms with van der Waals surface area (Å²) in [5.74, 6) is -0.833. The van der Waals surface area contributed by atoms with Gasteiger partial charge in [0.1, 0.15) is 0 Å².